The second-order valence-corrected chi connectivity index (χ2v) is 31.6. The van der Waals surface area contributed by atoms with E-state index in [2.05, 4.69) is 62.5 Å². The van der Waals surface area contributed by atoms with Gasteiger partial charge in [-0.2, -0.15) is 0 Å². The monoisotopic (exact) mass is 1370 g/mol. The van der Waals surface area contributed by atoms with Crippen molar-refractivity contribution in [1.29, 1.82) is 0 Å². The summed E-state index contributed by atoms with van der Waals surface area (Å²) in [6, 6.07) is 0. The van der Waals surface area contributed by atoms with Gasteiger partial charge >= 0.3 is 11.9 Å². The third-order valence-corrected chi connectivity index (χ3v) is 20.3. The Balaban J connectivity index is 3.88. The maximum Gasteiger partial charge on any atom is 0.306 e. The SMILES string of the molecule is CCCCCCC/C=C\C/C=C\CCCCCCCCCCCCCCCCCCCCCCCCCCCC(=O)OC(COC(=O)CCCCCCCCCCCCCCCCCCCCCCCCC/C=C\C/C=C\CCCCCCC)COP(=O)([O-])OCC[N+](C)(C)C. The number of carbonyl (C=O) groups is 2. The first-order valence-electron chi connectivity index (χ1n) is 42.3. The highest BCUT2D eigenvalue weighted by atomic mass is 31.2. The largest absolute Gasteiger partial charge is 0.756 e. The van der Waals surface area contributed by atoms with Crippen LogP contribution in [-0.4, -0.2) is 70.0 Å². The Labute approximate surface area is 598 Å². The third kappa shape index (κ3) is 80.9. The maximum atomic E-state index is 12.9. The summed E-state index contributed by atoms with van der Waals surface area (Å²) in [6.07, 6.45) is 103. The number of nitrogens with zero attached hydrogens (tertiary/aromatic N) is 1. The number of phosphoric ester groups is 1. The zero-order valence-electron chi connectivity index (χ0n) is 64.9. The van der Waals surface area contributed by atoms with Gasteiger partial charge in [-0.3, -0.25) is 14.2 Å². The van der Waals surface area contributed by atoms with E-state index < -0.39 is 26.5 Å². The molecule has 2 unspecified atom stereocenters. The van der Waals surface area contributed by atoms with Crippen LogP contribution < -0.4 is 4.89 Å². The Bertz CT molecular complexity index is 1760. The lowest BCUT2D eigenvalue weighted by Crippen LogP contribution is -2.37. The average Bonchev–Trinajstić information content (AvgIpc) is 2.72. The first-order valence-corrected chi connectivity index (χ1v) is 43.8. The van der Waals surface area contributed by atoms with Gasteiger partial charge in [-0.05, 0) is 77.0 Å². The zero-order chi connectivity index (χ0) is 69.7. The highest BCUT2D eigenvalue weighted by Gasteiger charge is 2.22. The minimum Gasteiger partial charge on any atom is -0.756 e. The summed E-state index contributed by atoms with van der Waals surface area (Å²) in [4.78, 5) is 38.2. The highest BCUT2D eigenvalue weighted by Crippen LogP contribution is 2.38. The molecule has 0 aliphatic rings. The summed E-state index contributed by atoms with van der Waals surface area (Å²) in [5.74, 6) is -0.806. The van der Waals surface area contributed by atoms with Gasteiger partial charge in [0.25, 0.3) is 7.82 Å². The van der Waals surface area contributed by atoms with Gasteiger partial charge in [0, 0.05) is 12.8 Å². The summed E-state index contributed by atoms with van der Waals surface area (Å²) in [5, 5.41) is 0. The fraction of sp³-hybridized carbons (Fsp3) is 0.884. The molecule has 0 bridgehead atoms. The number of carbonyl (C=O) groups excluding carboxylic acids is 2. The number of allylic oxidation sites excluding steroid dienone is 8. The molecule has 0 saturated heterocycles. The van der Waals surface area contributed by atoms with Gasteiger partial charge in [-0.25, -0.2) is 0 Å². The van der Waals surface area contributed by atoms with Gasteiger partial charge in [0.05, 0.1) is 27.7 Å². The van der Waals surface area contributed by atoms with Crippen LogP contribution in [0.25, 0.3) is 0 Å². The van der Waals surface area contributed by atoms with Crippen LogP contribution in [0.4, 0.5) is 0 Å². The number of unbranched alkanes of at least 4 members (excludes halogenated alkanes) is 58. The van der Waals surface area contributed by atoms with Crippen LogP contribution in [0.3, 0.4) is 0 Å². The molecule has 0 amide bonds. The number of esters is 2. The van der Waals surface area contributed by atoms with Crippen LogP contribution in [0.1, 0.15) is 438 Å². The maximum absolute atomic E-state index is 12.9. The zero-order valence-corrected chi connectivity index (χ0v) is 65.7. The first kappa shape index (κ1) is 94.0. The normalized spacial score (nSPS) is 13.2. The molecule has 0 rings (SSSR count). The van der Waals surface area contributed by atoms with Crippen LogP contribution in [0, 0.1) is 0 Å². The molecule has 0 N–H and O–H groups in total. The molecular formula is C86H164NO8P. The van der Waals surface area contributed by atoms with Gasteiger partial charge in [0.1, 0.15) is 19.8 Å². The van der Waals surface area contributed by atoms with Gasteiger partial charge in [0.15, 0.2) is 6.10 Å². The van der Waals surface area contributed by atoms with Crippen LogP contribution in [-0.2, 0) is 32.7 Å². The van der Waals surface area contributed by atoms with Crippen molar-refractivity contribution in [3.05, 3.63) is 48.6 Å². The standard InChI is InChI=1S/C86H164NO8P/c1-6-8-10-12-14-16-18-20-22-24-26-28-30-32-34-36-38-40-42-43-45-47-49-51-53-55-57-59-61-63-65-67-69-71-73-75-77-79-86(89)95-84(83-94-96(90,91)93-81-80-87(3,4)5)82-92-85(88)78-76-74-72-70-68-66-64-62-60-58-56-54-52-50-48-46-44-41-39-37-35-33-31-29-27-25-23-21-19-17-15-13-11-9-7-2/h18-21,24-27,84H,6-17,22-23,28-83H2,1-5H3/b20-18-,21-19-,26-24-,27-25-. The predicted molar refractivity (Wildman–Crippen MR) is 416 cm³/mol. The van der Waals surface area contributed by atoms with E-state index in [0.29, 0.717) is 17.4 Å². The highest BCUT2D eigenvalue weighted by molar-refractivity contribution is 7.45. The van der Waals surface area contributed by atoms with Gasteiger partial charge in [-0.15, -0.1) is 0 Å². The van der Waals surface area contributed by atoms with E-state index in [1.54, 1.807) is 0 Å². The van der Waals surface area contributed by atoms with Crippen LogP contribution in [0.2, 0.25) is 0 Å². The van der Waals surface area contributed by atoms with Gasteiger partial charge in [0.2, 0.25) is 0 Å². The number of phosphoric acid groups is 1. The Hall–Kier alpha value is -2.03. The molecule has 0 saturated carbocycles. The van der Waals surface area contributed by atoms with E-state index in [1.807, 2.05) is 21.1 Å². The van der Waals surface area contributed by atoms with E-state index in [9.17, 15) is 19.0 Å². The molecular weight excluding hydrogens is 1210 g/mol. The molecule has 96 heavy (non-hydrogen) atoms. The van der Waals surface area contributed by atoms with Crippen molar-refractivity contribution in [3.8, 4) is 0 Å². The minimum absolute atomic E-state index is 0.0274. The second kappa shape index (κ2) is 77.1. The molecule has 0 aliphatic heterocycles. The molecule has 0 aromatic carbocycles. The molecule has 0 radical (unpaired) electrons. The number of ether oxygens (including phenoxy) is 2. The fourth-order valence-electron chi connectivity index (χ4n) is 12.8. The number of hydrogen-bond acceptors (Lipinski definition) is 8. The Kier molecular flexibility index (Phi) is 75.5. The van der Waals surface area contributed by atoms with Crippen molar-refractivity contribution in [2.45, 2.75) is 444 Å². The number of likely N-dealkylation sites (N-methyl/N-ethyl adjacent to an activating group) is 1. The molecule has 0 aliphatic carbocycles. The molecule has 10 heteroatoms. The third-order valence-electron chi connectivity index (χ3n) is 19.3. The minimum atomic E-state index is -4.64. The predicted octanol–water partition coefficient (Wildman–Crippen LogP) is 27.7. The van der Waals surface area contributed by atoms with E-state index in [0.717, 1.165) is 44.9 Å². The number of hydrogen-bond donors (Lipinski definition) is 0. The van der Waals surface area contributed by atoms with Gasteiger partial charge in [-0.1, -0.05) is 396 Å². The molecule has 0 aromatic heterocycles. The van der Waals surface area contributed by atoms with Crippen molar-refractivity contribution in [2.75, 3.05) is 47.5 Å². The summed E-state index contributed by atoms with van der Waals surface area (Å²) >= 11 is 0. The lowest BCUT2D eigenvalue weighted by atomic mass is 10.0. The lowest BCUT2D eigenvalue weighted by Gasteiger charge is -2.28. The quantitative estimate of drug-likeness (QED) is 0.0195. The van der Waals surface area contributed by atoms with Crippen molar-refractivity contribution in [2.24, 2.45) is 0 Å². The van der Waals surface area contributed by atoms with Crippen molar-refractivity contribution < 1.29 is 42.1 Å². The fourth-order valence-corrected chi connectivity index (χ4v) is 13.6. The summed E-state index contributed by atoms with van der Waals surface area (Å²) in [7, 11) is 1.19. The molecule has 0 aromatic rings. The number of rotatable bonds is 80. The van der Waals surface area contributed by atoms with Gasteiger partial charge < -0.3 is 27.9 Å². The van der Waals surface area contributed by atoms with E-state index >= 15 is 0 Å². The Morgan fingerprint density at radius 1 is 0.323 bits per heavy atom. The smallest absolute Gasteiger partial charge is 0.306 e. The van der Waals surface area contributed by atoms with Crippen molar-refractivity contribution >= 4 is 19.8 Å². The second-order valence-electron chi connectivity index (χ2n) is 30.2. The molecule has 566 valence electrons. The topological polar surface area (TPSA) is 111 Å². The molecule has 0 spiro atoms. The van der Waals surface area contributed by atoms with E-state index in [4.69, 9.17) is 18.5 Å². The van der Waals surface area contributed by atoms with E-state index in [-0.39, 0.29) is 32.0 Å². The van der Waals surface area contributed by atoms with Crippen molar-refractivity contribution in [3.63, 3.8) is 0 Å². The van der Waals surface area contributed by atoms with Crippen LogP contribution >= 0.6 is 7.82 Å². The number of quaternary nitrogens is 1. The summed E-state index contributed by atoms with van der Waals surface area (Å²) in [6.45, 7) is 4.30. The summed E-state index contributed by atoms with van der Waals surface area (Å²) in [5.41, 5.74) is 0. The first-order chi connectivity index (χ1) is 47.0. The molecule has 2 atom stereocenters. The Morgan fingerprint density at radius 3 is 0.823 bits per heavy atom. The molecule has 9 nitrogen and oxygen atoms in total. The summed E-state index contributed by atoms with van der Waals surface area (Å²) < 4.78 is 34.5. The molecule has 0 fully saturated rings. The van der Waals surface area contributed by atoms with E-state index in [1.165, 1.54) is 360 Å². The average molecular weight is 1370 g/mol. The molecule has 0 heterocycles. The van der Waals surface area contributed by atoms with Crippen LogP contribution in [0.5, 0.6) is 0 Å². The lowest BCUT2D eigenvalue weighted by molar-refractivity contribution is -0.870. The Morgan fingerprint density at radius 2 is 0.562 bits per heavy atom. The van der Waals surface area contributed by atoms with Crippen LogP contribution in [0.15, 0.2) is 48.6 Å². The van der Waals surface area contributed by atoms with Crippen molar-refractivity contribution in [1.82, 2.24) is 0 Å².